The molecule has 0 fully saturated rings. The van der Waals surface area contributed by atoms with Crippen molar-refractivity contribution in [3.8, 4) is 11.5 Å². The Kier molecular flexibility index (Phi) is 5.53. The molecule has 6 nitrogen and oxygen atoms in total. The summed E-state index contributed by atoms with van der Waals surface area (Å²) >= 11 is 6.35. The monoisotopic (exact) mass is 420 g/mol. The van der Waals surface area contributed by atoms with E-state index < -0.39 is 6.61 Å². The minimum atomic E-state index is -2.91. The van der Waals surface area contributed by atoms with Crippen molar-refractivity contribution in [2.45, 2.75) is 32.0 Å². The van der Waals surface area contributed by atoms with Crippen molar-refractivity contribution in [2.24, 2.45) is 0 Å². The Hall–Kier alpha value is -2.87. The number of nitrogens with one attached hydrogen (secondary N) is 1. The smallest absolute Gasteiger partial charge is 0.387 e. The third-order valence-corrected chi connectivity index (χ3v) is 5.08. The SMILES string of the molecule is CCOc1ccc([C@H]2C[C@H](c3ccccc3OC(F)F)n3ncnc3N2)cc1Cl. The Balaban J connectivity index is 1.70. The van der Waals surface area contributed by atoms with E-state index in [9.17, 15) is 8.78 Å². The average molecular weight is 421 g/mol. The Labute approximate surface area is 171 Å². The van der Waals surface area contributed by atoms with Crippen molar-refractivity contribution in [3.63, 3.8) is 0 Å². The second kappa shape index (κ2) is 8.24. The highest BCUT2D eigenvalue weighted by molar-refractivity contribution is 6.32. The van der Waals surface area contributed by atoms with Crippen molar-refractivity contribution in [3.05, 3.63) is 64.9 Å². The molecule has 1 aliphatic heterocycles. The zero-order valence-corrected chi connectivity index (χ0v) is 16.3. The molecule has 0 saturated heterocycles. The van der Waals surface area contributed by atoms with Crippen LogP contribution in [0.2, 0.25) is 5.02 Å². The van der Waals surface area contributed by atoms with Gasteiger partial charge in [0.15, 0.2) is 0 Å². The van der Waals surface area contributed by atoms with Crippen LogP contribution in [0.3, 0.4) is 0 Å². The largest absolute Gasteiger partial charge is 0.492 e. The number of anilines is 1. The second-order valence-corrected chi connectivity index (χ2v) is 6.92. The maximum atomic E-state index is 12.9. The van der Waals surface area contributed by atoms with Gasteiger partial charge in [-0.05, 0) is 37.1 Å². The van der Waals surface area contributed by atoms with Crippen LogP contribution in [0, 0.1) is 0 Å². The van der Waals surface area contributed by atoms with Crippen LogP contribution < -0.4 is 14.8 Å². The van der Waals surface area contributed by atoms with Crippen LogP contribution in [0.15, 0.2) is 48.8 Å². The van der Waals surface area contributed by atoms with Crippen LogP contribution in [-0.2, 0) is 0 Å². The lowest BCUT2D eigenvalue weighted by molar-refractivity contribution is -0.0507. The summed E-state index contributed by atoms with van der Waals surface area (Å²) in [5.41, 5.74) is 1.55. The van der Waals surface area contributed by atoms with Gasteiger partial charge in [0.1, 0.15) is 17.8 Å². The van der Waals surface area contributed by atoms with Gasteiger partial charge in [-0.3, -0.25) is 0 Å². The zero-order valence-electron chi connectivity index (χ0n) is 15.6. The number of fused-ring (bicyclic) bond motifs is 1. The second-order valence-electron chi connectivity index (χ2n) is 6.52. The predicted molar refractivity (Wildman–Crippen MR) is 105 cm³/mol. The molecule has 0 aliphatic carbocycles. The van der Waals surface area contributed by atoms with Crippen LogP contribution in [0.1, 0.15) is 36.6 Å². The summed E-state index contributed by atoms with van der Waals surface area (Å²) in [6.07, 6.45) is 1.98. The Morgan fingerprint density at radius 1 is 1.24 bits per heavy atom. The number of para-hydroxylation sites is 1. The summed E-state index contributed by atoms with van der Waals surface area (Å²) in [6, 6.07) is 11.9. The van der Waals surface area contributed by atoms with Gasteiger partial charge in [0, 0.05) is 5.56 Å². The standard InChI is InChI=1S/C20H19ClF2N4O2/c1-2-28-18-8-7-12(9-14(18)21)15-10-16(27-20(26-15)24-11-25-27)13-5-3-4-6-17(13)29-19(22)23/h3-9,11,15-16,19H,2,10H2,1H3,(H,24,25,26)/t15-,16-/m1/s1. The fourth-order valence-electron chi connectivity index (χ4n) is 3.56. The summed E-state index contributed by atoms with van der Waals surface area (Å²) in [7, 11) is 0. The lowest BCUT2D eigenvalue weighted by atomic mass is 9.93. The fourth-order valence-corrected chi connectivity index (χ4v) is 3.81. The van der Waals surface area contributed by atoms with E-state index in [0.717, 1.165) is 5.56 Å². The molecular formula is C20H19ClF2N4O2. The molecule has 0 unspecified atom stereocenters. The van der Waals surface area contributed by atoms with Crippen LogP contribution in [-0.4, -0.2) is 28.0 Å². The van der Waals surface area contributed by atoms with Gasteiger partial charge in [-0.25, -0.2) is 4.68 Å². The fraction of sp³-hybridized carbons (Fsp3) is 0.300. The molecule has 1 aliphatic rings. The normalized spacial score (nSPS) is 18.2. The molecule has 152 valence electrons. The molecule has 0 spiro atoms. The van der Waals surface area contributed by atoms with Gasteiger partial charge in [-0.2, -0.15) is 18.9 Å². The minimum Gasteiger partial charge on any atom is -0.492 e. The lowest BCUT2D eigenvalue weighted by Gasteiger charge is -2.32. The molecule has 29 heavy (non-hydrogen) atoms. The number of hydrogen-bond acceptors (Lipinski definition) is 5. The van der Waals surface area contributed by atoms with E-state index in [-0.39, 0.29) is 17.8 Å². The van der Waals surface area contributed by atoms with Gasteiger partial charge < -0.3 is 14.8 Å². The van der Waals surface area contributed by atoms with E-state index in [1.165, 1.54) is 12.4 Å². The van der Waals surface area contributed by atoms with Gasteiger partial charge >= 0.3 is 6.61 Å². The summed E-state index contributed by atoms with van der Waals surface area (Å²) in [5.74, 6) is 1.28. The van der Waals surface area contributed by atoms with Crippen LogP contribution in [0.4, 0.5) is 14.7 Å². The maximum absolute atomic E-state index is 12.9. The average Bonchev–Trinajstić information content (AvgIpc) is 3.18. The first kappa shape index (κ1) is 19.4. The van der Waals surface area contributed by atoms with Crippen molar-refractivity contribution in [1.82, 2.24) is 14.8 Å². The molecule has 3 aromatic rings. The van der Waals surface area contributed by atoms with E-state index in [4.69, 9.17) is 21.1 Å². The van der Waals surface area contributed by atoms with Crippen LogP contribution >= 0.6 is 11.6 Å². The van der Waals surface area contributed by atoms with Crippen molar-refractivity contribution >= 4 is 17.5 Å². The molecule has 1 N–H and O–H groups in total. The highest BCUT2D eigenvalue weighted by atomic mass is 35.5. The Morgan fingerprint density at radius 3 is 2.83 bits per heavy atom. The molecule has 9 heteroatoms. The van der Waals surface area contributed by atoms with E-state index in [1.807, 2.05) is 25.1 Å². The van der Waals surface area contributed by atoms with Crippen molar-refractivity contribution in [2.75, 3.05) is 11.9 Å². The number of benzene rings is 2. The third kappa shape index (κ3) is 3.98. The highest BCUT2D eigenvalue weighted by Crippen LogP contribution is 2.41. The zero-order chi connectivity index (χ0) is 20.4. The van der Waals surface area contributed by atoms with Crippen molar-refractivity contribution < 1.29 is 18.3 Å². The van der Waals surface area contributed by atoms with Gasteiger partial charge in [0.2, 0.25) is 5.95 Å². The predicted octanol–water partition coefficient (Wildman–Crippen LogP) is 5.08. The molecule has 0 amide bonds. The van der Waals surface area contributed by atoms with Crippen LogP contribution in [0.5, 0.6) is 11.5 Å². The number of hydrogen-bond donors (Lipinski definition) is 1. The van der Waals surface area contributed by atoms with Gasteiger partial charge in [-0.1, -0.05) is 35.9 Å². The quantitative estimate of drug-likeness (QED) is 0.602. The molecule has 4 rings (SSSR count). The van der Waals surface area contributed by atoms with E-state index in [0.29, 0.717) is 35.3 Å². The molecule has 0 saturated carbocycles. The molecule has 2 atom stereocenters. The van der Waals surface area contributed by atoms with Gasteiger partial charge in [0.05, 0.1) is 23.7 Å². The van der Waals surface area contributed by atoms with Gasteiger partial charge in [0.25, 0.3) is 0 Å². The number of ether oxygens (including phenoxy) is 2. The number of nitrogens with zero attached hydrogens (tertiary/aromatic N) is 3. The minimum absolute atomic E-state index is 0.124. The molecule has 2 heterocycles. The summed E-state index contributed by atoms with van der Waals surface area (Å²) in [6.45, 7) is -0.496. The number of halogens is 3. The number of rotatable bonds is 6. The topological polar surface area (TPSA) is 61.2 Å². The summed E-state index contributed by atoms with van der Waals surface area (Å²) < 4.78 is 37.7. The summed E-state index contributed by atoms with van der Waals surface area (Å²) in [4.78, 5) is 4.26. The first-order valence-corrected chi connectivity index (χ1v) is 9.56. The van der Waals surface area contributed by atoms with E-state index in [2.05, 4.69) is 15.4 Å². The Bertz CT molecular complexity index is 998. The first-order valence-electron chi connectivity index (χ1n) is 9.18. The molecular weight excluding hydrogens is 402 g/mol. The number of aromatic nitrogens is 3. The third-order valence-electron chi connectivity index (χ3n) is 4.78. The lowest BCUT2D eigenvalue weighted by Crippen LogP contribution is -2.28. The Morgan fingerprint density at radius 2 is 2.07 bits per heavy atom. The molecule has 1 aromatic heterocycles. The first-order chi connectivity index (χ1) is 14.1. The molecule has 2 aromatic carbocycles. The van der Waals surface area contributed by atoms with E-state index in [1.54, 1.807) is 22.9 Å². The molecule has 0 radical (unpaired) electrons. The van der Waals surface area contributed by atoms with Gasteiger partial charge in [-0.15, -0.1) is 0 Å². The number of alkyl halides is 2. The van der Waals surface area contributed by atoms with Crippen LogP contribution in [0.25, 0.3) is 0 Å². The maximum Gasteiger partial charge on any atom is 0.387 e. The van der Waals surface area contributed by atoms with Crippen molar-refractivity contribution in [1.29, 1.82) is 0 Å². The summed E-state index contributed by atoms with van der Waals surface area (Å²) in [5, 5.41) is 8.12. The highest BCUT2D eigenvalue weighted by Gasteiger charge is 2.32. The van der Waals surface area contributed by atoms with E-state index >= 15 is 0 Å². The molecule has 0 bridgehead atoms.